The summed E-state index contributed by atoms with van der Waals surface area (Å²) in [7, 11) is 1.63. The van der Waals surface area contributed by atoms with Crippen molar-refractivity contribution in [3.8, 4) is 0 Å². The monoisotopic (exact) mass is 329 g/mol. The molecular weight excluding hydrogens is 310 g/mol. The second-order valence-electron chi connectivity index (χ2n) is 3.98. The van der Waals surface area contributed by atoms with Crippen LogP contribution in [-0.4, -0.2) is 42.6 Å². The number of likely N-dealkylation sites (N-methyl/N-ethyl adjacent to an activating group) is 1. The maximum absolute atomic E-state index is 11.6. The Balaban J connectivity index is 3.01. The fourth-order valence-electron chi connectivity index (χ4n) is 1.65. The van der Waals surface area contributed by atoms with E-state index >= 15 is 0 Å². The molecule has 0 fully saturated rings. The van der Waals surface area contributed by atoms with E-state index < -0.39 is 0 Å². The lowest BCUT2D eigenvalue weighted by Gasteiger charge is -2.23. The molecule has 1 amide bonds. The van der Waals surface area contributed by atoms with Crippen LogP contribution in [0.15, 0.2) is 10.8 Å². The normalized spacial score (nSPS) is 10.1. The highest BCUT2D eigenvalue weighted by molar-refractivity contribution is 9.10. The van der Waals surface area contributed by atoms with Crippen LogP contribution in [0.1, 0.15) is 20.3 Å². The highest BCUT2D eigenvalue weighted by Crippen LogP contribution is 2.29. The number of aromatic nitrogens is 2. The zero-order valence-corrected chi connectivity index (χ0v) is 13.1. The minimum absolute atomic E-state index is 0.0380. The van der Waals surface area contributed by atoms with E-state index in [2.05, 4.69) is 43.5 Å². The van der Waals surface area contributed by atoms with Gasteiger partial charge in [0.05, 0.1) is 6.54 Å². The average molecular weight is 330 g/mol. The van der Waals surface area contributed by atoms with Crippen LogP contribution < -0.4 is 15.5 Å². The molecule has 2 N–H and O–H groups in total. The highest BCUT2D eigenvalue weighted by atomic mass is 79.9. The Labute approximate surface area is 122 Å². The molecule has 0 radical (unpaired) electrons. The molecule has 19 heavy (non-hydrogen) atoms. The van der Waals surface area contributed by atoms with E-state index in [4.69, 9.17) is 0 Å². The van der Waals surface area contributed by atoms with Gasteiger partial charge in [-0.05, 0) is 29.3 Å². The molecule has 0 unspecified atom stereocenters. The van der Waals surface area contributed by atoms with E-state index in [9.17, 15) is 4.79 Å². The van der Waals surface area contributed by atoms with Gasteiger partial charge in [0.25, 0.3) is 0 Å². The second-order valence-corrected chi connectivity index (χ2v) is 4.78. The summed E-state index contributed by atoms with van der Waals surface area (Å²) in [4.78, 5) is 22.0. The molecule has 0 aromatic carbocycles. The number of anilines is 2. The summed E-state index contributed by atoms with van der Waals surface area (Å²) < 4.78 is 0.786. The Morgan fingerprint density at radius 2 is 2.16 bits per heavy atom. The van der Waals surface area contributed by atoms with Crippen LogP contribution in [0.4, 0.5) is 11.6 Å². The molecule has 0 saturated heterocycles. The molecule has 1 aromatic rings. The molecule has 1 aromatic heterocycles. The van der Waals surface area contributed by atoms with Gasteiger partial charge in [-0.15, -0.1) is 0 Å². The van der Waals surface area contributed by atoms with Gasteiger partial charge in [-0.1, -0.05) is 6.92 Å². The summed E-state index contributed by atoms with van der Waals surface area (Å²) in [5, 5.41) is 5.78. The lowest BCUT2D eigenvalue weighted by Crippen LogP contribution is -2.37. The molecule has 0 spiro atoms. The van der Waals surface area contributed by atoms with Crippen molar-refractivity contribution in [2.45, 2.75) is 20.3 Å². The molecular formula is C12H20BrN5O. The van der Waals surface area contributed by atoms with Crippen molar-refractivity contribution in [2.24, 2.45) is 0 Å². The van der Waals surface area contributed by atoms with Crippen molar-refractivity contribution < 1.29 is 4.79 Å². The molecule has 0 aliphatic heterocycles. The third-order valence-electron chi connectivity index (χ3n) is 2.52. The molecule has 6 nitrogen and oxygen atoms in total. The first kappa shape index (κ1) is 15.7. The third-order valence-corrected chi connectivity index (χ3v) is 3.25. The zero-order chi connectivity index (χ0) is 14.3. The van der Waals surface area contributed by atoms with Crippen LogP contribution in [0.25, 0.3) is 0 Å². The van der Waals surface area contributed by atoms with Gasteiger partial charge >= 0.3 is 0 Å². The van der Waals surface area contributed by atoms with Crippen LogP contribution in [0.3, 0.4) is 0 Å². The summed E-state index contributed by atoms with van der Waals surface area (Å²) in [5.74, 6) is 1.44. The second kappa shape index (κ2) is 7.93. The van der Waals surface area contributed by atoms with Crippen molar-refractivity contribution in [3.05, 3.63) is 10.8 Å². The Bertz CT molecular complexity index is 427. The highest BCUT2D eigenvalue weighted by Gasteiger charge is 2.16. The van der Waals surface area contributed by atoms with Crippen LogP contribution in [0.5, 0.6) is 0 Å². The number of rotatable bonds is 7. The van der Waals surface area contributed by atoms with Crippen LogP contribution in [-0.2, 0) is 4.79 Å². The van der Waals surface area contributed by atoms with Gasteiger partial charge in [-0.3, -0.25) is 4.79 Å². The molecule has 0 aliphatic rings. The quantitative estimate of drug-likeness (QED) is 0.795. The number of carbonyl (C=O) groups is 1. The van der Waals surface area contributed by atoms with E-state index in [-0.39, 0.29) is 12.5 Å². The lowest BCUT2D eigenvalue weighted by atomic mass is 10.3. The van der Waals surface area contributed by atoms with Crippen LogP contribution >= 0.6 is 15.9 Å². The minimum atomic E-state index is -0.0380. The Kier molecular flexibility index (Phi) is 6.55. The predicted molar refractivity (Wildman–Crippen MR) is 80.5 cm³/mol. The molecule has 0 bridgehead atoms. The van der Waals surface area contributed by atoms with Gasteiger partial charge in [-0.25, -0.2) is 9.97 Å². The van der Waals surface area contributed by atoms with E-state index in [1.807, 2.05) is 11.8 Å². The van der Waals surface area contributed by atoms with Crippen molar-refractivity contribution in [3.63, 3.8) is 0 Å². The van der Waals surface area contributed by atoms with Gasteiger partial charge in [0.1, 0.15) is 22.4 Å². The topological polar surface area (TPSA) is 70.2 Å². The largest absolute Gasteiger partial charge is 0.369 e. The van der Waals surface area contributed by atoms with Crippen molar-refractivity contribution in [1.82, 2.24) is 15.3 Å². The molecule has 106 valence electrons. The summed E-state index contributed by atoms with van der Waals surface area (Å²) in [6.45, 7) is 5.89. The number of halogens is 1. The van der Waals surface area contributed by atoms with Crippen molar-refractivity contribution in [1.29, 1.82) is 0 Å². The summed E-state index contributed by atoms with van der Waals surface area (Å²) in [6, 6.07) is 0. The summed E-state index contributed by atoms with van der Waals surface area (Å²) >= 11 is 3.50. The van der Waals surface area contributed by atoms with E-state index in [1.54, 1.807) is 7.05 Å². The first-order chi connectivity index (χ1) is 9.13. The number of amides is 1. The fraction of sp³-hybridized carbons (Fsp3) is 0.583. The Morgan fingerprint density at radius 3 is 2.74 bits per heavy atom. The zero-order valence-electron chi connectivity index (χ0n) is 11.5. The summed E-state index contributed by atoms with van der Waals surface area (Å²) in [6.07, 6.45) is 2.44. The summed E-state index contributed by atoms with van der Waals surface area (Å²) in [5.41, 5.74) is 0. The first-order valence-electron chi connectivity index (χ1n) is 6.33. The van der Waals surface area contributed by atoms with Crippen molar-refractivity contribution >= 4 is 33.5 Å². The van der Waals surface area contributed by atoms with Crippen molar-refractivity contribution in [2.75, 3.05) is 36.9 Å². The van der Waals surface area contributed by atoms with E-state index in [1.165, 1.54) is 6.33 Å². The lowest BCUT2D eigenvalue weighted by molar-refractivity contribution is -0.119. The van der Waals surface area contributed by atoms with E-state index in [0.717, 1.165) is 35.6 Å². The molecule has 7 heteroatoms. The van der Waals surface area contributed by atoms with Gasteiger partial charge in [0, 0.05) is 20.1 Å². The maximum atomic E-state index is 11.6. The van der Waals surface area contributed by atoms with Crippen LogP contribution in [0.2, 0.25) is 0 Å². The fourth-order valence-corrected chi connectivity index (χ4v) is 2.25. The Hall–Kier alpha value is -1.37. The number of hydrogen-bond donors (Lipinski definition) is 2. The predicted octanol–water partition coefficient (Wildman–Crippen LogP) is 1.63. The maximum Gasteiger partial charge on any atom is 0.239 e. The van der Waals surface area contributed by atoms with E-state index in [0.29, 0.717) is 0 Å². The standard InChI is InChI=1S/C12H20BrN5O/c1-4-6-18(7-9(19)14-3)12-10(13)11(15-5-2)16-8-17-12/h8H,4-7H2,1-3H3,(H,14,19)(H,15,16,17). The number of hydrogen-bond acceptors (Lipinski definition) is 5. The van der Waals surface area contributed by atoms with Gasteiger partial charge in [0.15, 0.2) is 0 Å². The number of carbonyl (C=O) groups excluding carboxylic acids is 1. The number of nitrogens with one attached hydrogen (secondary N) is 2. The molecule has 0 aliphatic carbocycles. The Morgan fingerprint density at radius 1 is 1.42 bits per heavy atom. The SMILES string of the molecule is CCCN(CC(=O)NC)c1ncnc(NCC)c1Br. The smallest absolute Gasteiger partial charge is 0.239 e. The van der Waals surface area contributed by atoms with Crippen LogP contribution in [0, 0.1) is 0 Å². The third kappa shape index (κ3) is 4.34. The first-order valence-corrected chi connectivity index (χ1v) is 7.13. The molecule has 1 rings (SSSR count). The van der Waals surface area contributed by atoms with Gasteiger partial charge in [-0.2, -0.15) is 0 Å². The molecule has 0 atom stereocenters. The number of nitrogens with zero attached hydrogens (tertiary/aromatic N) is 3. The average Bonchev–Trinajstić information content (AvgIpc) is 2.41. The minimum Gasteiger partial charge on any atom is -0.369 e. The van der Waals surface area contributed by atoms with Gasteiger partial charge in [0.2, 0.25) is 5.91 Å². The molecule has 0 saturated carbocycles. The molecule has 1 heterocycles. The van der Waals surface area contributed by atoms with Gasteiger partial charge < -0.3 is 15.5 Å².